The number of aryl methyl sites for hydroxylation is 1. The first-order valence-electron chi connectivity index (χ1n) is 8.49. The van der Waals surface area contributed by atoms with Crippen LogP contribution in [0.15, 0.2) is 54.7 Å². The Morgan fingerprint density at radius 3 is 2.78 bits per heavy atom. The molecule has 0 bridgehead atoms. The standard InChI is InChI=1S/C21H14ClFN4/c1-11-4-2-6-15(22)17(11)21-26-18-13-8-7-12(23)10-16(13)25-20-14(19(18)27-21)5-3-9-24-20/h2-10H,1H3,(H,24,25)(H,26,27). The van der Waals surface area contributed by atoms with Crippen LogP contribution in [0.2, 0.25) is 5.02 Å². The smallest absolute Gasteiger partial charge is 0.140 e. The van der Waals surface area contributed by atoms with E-state index in [9.17, 15) is 4.39 Å². The maximum absolute atomic E-state index is 13.9. The lowest BCUT2D eigenvalue weighted by molar-refractivity contribution is 0.628. The topological polar surface area (TPSA) is 53.6 Å². The first-order valence-corrected chi connectivity index (χ1v) is 8.87. The van der Waals surface area contributed by atoms with Gasteiger partial charge in [0.1, 0.15) is 23.2 Å². The lowest BCUT2D eigenvalue weighted by atomic mass is 10.1. The highest BCUT2D eigenvalue weighted by Gasteiger charge is 2.25. The molecule has 3 heterocycles. The van der Waals surface area contributed by atoms with Crippen molar-refractivity contribution in [1.29, 1.82) is 0 Å². The fourth-order valence-electron chi connectivity index (χ4n) is 3.47. The number of aromatic nitrogens is 3. The number of pyridine rings is 1. The largest absolute Gasteiger partial charge is 0.339 e. The number of fused-ring (bicyclic) bond motifs is 5. The molecular weight excluding hydrogens is 363 g/mol. The van der Waals surface area contributed by atoms with Crippen LogP contribution >= 0.6 is 11.6 Å². The highest BCUT2D eigenvalue weighted by Crippen LogP contribution is 2.44. The van der Waals surface area contributed by atoms with Crippen molar-refractivity contribution in [2.45, 2.75) is 6.92 Å². The molecule has 1 aliphatic rings. The summed E-state index contributed by atoms with van der Waals surface area (Å²) < 4.78 is 13.9. The van der Waals surface area contributed by atoms with Crippen molar-refractivity contribution in [3.8, 4) is 33.9 Å². The van der Waals surface area contributed by atoms with Crippen LogP contribution < -0.4 is 5.32 Å². The number of rotatable bonds is 1. The molecule has 2 N–H and O–H groups in total. The Labute approximate surface area is 160 Å². The summed E-state index contributed by atoms with van der Waals surface area (Å²) in [5.74, 6) is 0.996. The summed E-state index contributed by atoms with van der Waals surface area (Å²) in [6.07, 6.45) is 1.70. The van der Waals surface area contributed by atoms with E-state index in [0.717, 1.165) is 33.6 Å². The second-order valence-corrected chi connectivity index (χ2v) is 6.86. The molecule has 27 heavy (non-hydrogen) atoms. The maximum Gasteiger partial charge on any atom is 0.140 e. The number of halogens is 2. The lowest BCUT2D eigenvalue weighted by Crippen LogP contribution is -1.96. The lowest BCUT2D eigenvalue weighted by Gasteiger charge is -2.09. The SMILES string of the molecule is Cc1cccc(Cl)c1-c1nc2c([nH]1)-c1ccc(F)cc1Nc1ncccc1-2. The molecule has 132 valence electrons. The molecule has 5 rings (SSSR count). The van der Waals surface area contributed by atoms with E-state index in [-0.39, 0.29) is 5.82 Å². The van der Waals surface area contributed by atoms with Gasteiger partial charge in [0.05, 0.1) is 16.4 Å². The van der Waals surface area contributed by atoms with Crippen LogP contribution in [0.4, 0.5) is 15.9 Å². The van der Waals surface area contributed by atoms with E-state index in [1.54, 1.807) is 12.3 Å². The Kier molecular flexibility index (Phi) is 3.52. The van der Waals surface area contributed by atoms with Gasteiger partial charge in [-0.15, -0.1) is 0 Å². The highest BCUT2D eigenvalue weighted by molar-refractivity contribution is 6.33. The average molecular weight is 377 g/mol. The third kappa shape index (κ3) is 2.51. The number of benzene rings is 2. The van der Waals surface area contributed by atoms with Crippen LogP contribution in [-0.4, -0.2) is 15.0 Å². The molecule has 2 aromatic heterocycles. The van der Waals surface area contributed by atoms with Gasteiger partial charge in [0, 0.05) is 22.9 Å². The summed E-state index contributed by atoms with van der Waals surface area (Å²) in [7, 11) is 0. The normalized spacial score (nSPS) is 11.8. The second-order valence-electron chi connectivity index (χ2n) is 6.46. The molecule has 4 nitrogen and oxygen atoms in total. The van der Waals surface area contributed by atoms with Crippen molar-refractivity contribution < 1.29 is 4.39 Å². The second kappa shape index (κ2) is 5.93. The molecule has 1 aliphatic heterocycles. The van der Waals surface area contributed by atoms with Gasteiger partial charge in [0.2, 0.25) is 0 Å². The molecule has 0 unspecified atom stereocenters. The van der Waals surface area contributed by atoms with Crippen molar-refractivity contribution in [1.82, 2.24) is 15.0 Å². The zero-order chi connectivity index (χ0) is 18.5. The number of nitrogens with one attached hydrogen (secondary N) is 2. The van der Waals surface area contributed by atoms with Gasteiger partial charge >= 0.3 is 0 Å². The summed E-state index contributed by atoms with van der Waals surface area (Å²) in [6.45, 7) is 2.00. The molecule has 0 fully saturated rings. The molecular formula is C21H14ClFN4. The van der Waals surface area contributed by atoms with Crippen LogP contribution in [0.3, 0.4) is 0 Å². The quantitative estimate of drug-likeness (QED) is 0.379. The Hall–Kier alpha value is -3.18. The van der Waals surface area contributed by atoms with Crippen LogP contribution in [0.25, 0.3) is 33.9 Å². The zero-order valence-electron chi connectivity index (χ0n) is 14.3. The van der Waals surface area contributed by atoms with E-state index in [1.165, 1.54) is 12.1 Å². The van der Waals surface area contributed by atoms with Crippen LogP contribution in [0, 0.1) is 12.7 Å². The molecule has 0 saturated carbocycles. The predicted octanol–water partition coefficient (Wildman–Crippen LogP) is 5.96. The van der Waals surface area contributed by atoms with Gasteiger partial charge in [0.25, 0.3) is 0 Å². The number of hydrogen-bond acceptors (Lipinski definition) is 3. The summed E-state index contributed by atoms with van der Waals surface area (Å²) in [5.41, 5.74) is 5.75. The van der Waals surface area contributed by atoms with Gasteiger partial charge in [0.15, 0.2) is 0 Å². The third-order valence-electron chi connectivity index (χ3n) is 4.73. The fourth-order valence-corrected chi connectivity index (χ4v) is 3.79. The molecule has 0 radical (unpaired) electrons. The number of imidazole rings is 1. The van der Waals surface area contributed by atoms with E-state index in [2.05, 4.69) is 15.3 Å². The average Bonchev–Trinajstić information content (AvgIpc) is 3.02. The Balaban J connectivity index is 1.83. The van der Waals surface area contributed by atoms with Gasteiger partial charge in [-0.05, 0) is 48.9 Å². The Bertz CT molecular complexity index is 1180. The van der Waals surface area contributed by atoms with E-state index in [1.807, 2.05) is 37.3 Å². The number of aromatic amines is 1. The third-order valence-corrected chi connectivity index (χ3v) is 5.04. The minimum atomic E-state index is -0.316. The van der Waals surface area contributed by atoms with Gasteiger partial charge in [-0.3, -0.25) is 0 Å². The Morgan fingerprint density at radius 2 is 1.93 bits per heavy atom. The molecule has 0 saturated heterocycles. The van der Waals surface area contributed by atoms with Crippen LogP contribution in [0.1, 0.15) is 5.56 Å². The van der Waals surface area contributed by atoms with E-state index in [4.69, 9.17) is 16.6 Å². The van der Waals surface area contributed by atoms with Crippen LogP contribution in [-0.2, 0) is 0 Å². The van der Waals surface area contributed by atoms with Crippen molar-refractivity contribution in [2.75, 3.05) is 5.32 Å². The van der Waals surface area contributed by atoms with Crippen molar-refractivity contribution in [3.63, 3.8) is 0 Å². The van der Waals surface area contributed by atoms with E-state index < -0.39 is 0 Å². The summed E-state index contributed by atoms with van der Waals surface area (Å²) in [4.78, 5) is 12.7. The van der Waals surface area contributed by atoms with E-state index >= 15 is 0 Å². The molecule has 0 atom stereocenters. The molecule has 0 spiro atoms. The number of H-pyrrole nitrogens is 1. The summed E-state index contributed by atoms with van der Waals surface area (Å²) >= 11 is 6.45. The first-order chi connectivity index (χ1) is 13.1. The van der Waals surface area contributed by atoms with Gasteiger partial charge < -0.3 is 10.3 Å². The van der Waals surface area contributed by atoms with Gasteiger partial charge in [-0.2, -0.15) is 0 Å². The van der Waals surface area contributed by atoms with E-state index in [0.29, 0.717) is 22.4 Å². The molecule has 4 aromatic rings. The first kappa shape index (κ1) is 16.0. The molecule has 0 aliphatic carbocycles. The number of nitrogens with zero attached hydrogens (tertiary/aromatic N) is 2. The number of anilines is 2. The summed E-state index contributed by atoms with van der Waals surface area (Å²) in [5, 5.41) is 3.85. The van der Waals surface area contributed by atoms with Crippen molar-refractivity contribution in [2.24, 2.45) is 0 Å². The van der Waals surface area contributed by atoms with Gasteiger partial charge in [-0.25, -0.2) is 14.4 Å². The fraction of sp³-hybridized carbons (Fsp3) is 0.0476. The molecule has 2 aromatic carbocycles. The van der Waals surface area contributed by atoms with Crippen LogP contribution in [0.5, 0.6) is 0 Å². The van der Waals surface area contributed by atoms with Crippen molar-refractivity contribution >= 4 is 23.1 Å². The molecule has 0 amide bonds. The highest BCUT2D eigenvalue weighted by atomic mass is 35.5. The minimum Gasteiger partial charge on any atom is -0.339 e. The monoisotopic (exact) mass is 376 g/mol. The molecule has 6 heteroatoms. The number of hydrogen-bond donors (Lipinski definition) is 2. The maximum atomic E-state index is 13.9. The minimum absolute atomic E-state index is 0.316. The predicted molar refractivity (Wildman–Crippen MR) is 106 cm³/mol. The van der Waals surface area contributed by atoms with Crippen molar-refractivity contribution in [3.05, 3.63) is 71.1 Å². The van der Waals surface area contributed by atoms with Gasteiger partial charge in [-0.1, -0.05) is 23.7 Å². The Morgan fingerprint density at radius 1 is 1.04 bits per heavy atom. The zero-order valence-corrected chi connectivity index (χ0v) is 15.1. The summed E-state index contributed by atoms with van der Waals surface area (Å²) in [6, 6.07) is 14.2.